The van der Waals surface area contributed by atoms with E-state index in [0.717, 1.165) is 41.6 Å². The highest BCUT2D eigenvalue weighted by molar-refractivity contribution is 14.1. The van der Waals surface area contributed by atoms with Crippen molar-refractivity contribution in [2.24, 2.45) is 0 Å². The fourth-order valence-electron chi connectivity index (χ4n) is 2.65. The van der Waals surface area contributed by atoms with E-state index in [1.165, 1.54) is 0 Å². The summed E-state index contributed by atoms with van der Waals surface area (Å²) in [6.45, 7) is 5.09. The zero-order valence-electron chi connectivity index (χ0n) is 11.6. The summed E-state index contributed by atoms with van der Waals surface area (Å²) in [5, 5.41) is 0. The summed E-state index contributed by atoms with van der Waals surface area (Å²) in [5.74, 6) is 0.181. The third-order valence-electron chi connectivity index (χ3n) is 3.71. The Morgan fingerprint density at radius 3 is 2.89 bits per heavy atom. The summed E-state index contributed by atoms with van der Waals surface area (Å²) < 4.78 is 1.11. The van der Waals surface area contributed by atoms with Crippen molar-refractivity contribution in [2.45, 2.75) is 25.8 Å². The molecule has 1 aliphatic rings. The molecule has 1 amide bonds. The number of halogens is 1. The Morgan fingerprint density at radius 1 is 1.42 bits per heavy atom. The number of hydrogen-bond acceptors (Lipinski definition) is 2. The molecule has 3 nitrogen and oxygen atoms in total. The fraction of sp³-hybridized carbons (Fsp3) is 0.533. The number of carbonyl (C=O) groups excluding carboxylic acids is 1. The largest absolute Gasteiger partial charge is 0.334 e. The molecule has 0 bridgehead atoms. The van der Waals surface area contributed by atoms with Crippen molar-refractivity contribution in [3.63, 3.8) is 0 Å². The summed E-state index contributed by atoms with van der Waals surface area (Å²) in [5.41, 5.74) is 0.815. The minimum absolute atomic E-state index is 0.181. The zero-order chi connectivity index (χ0) is 13.8. The van der Waals surface area contributed by atoms with Gasteiger partial charge in [-0.1, -0.05) is 13.0 Å². The Bertz CT molecular complexity index is 450. The average molecular weight is 372 g/mol. The summed E-state index contributed by atoms with van der Waals surface area (Å²) in [6, 6.07) is 8.21. The molecule has 0 radical (unpaired) electrons. The van der Waals surface area contributed by atoms with Crippen LogP contribution in [0.4, 0.5) is 0 Å². The first kappa shape index (κ1) is 14.8. The Kier molecular flexibility index (Phi) is 5.21. The maximum atomic E-state index is 12.7. The molecule has 4 heteroatoms. The van der Waals surface area contributed by atoms with Gasteiger partial charge in [-0.25, -0.2) is 0 Å². The molecule has 1 aliphatic heterocycles. The molecule has 1 aromatic rings. The molecule has 2 rings (SSSR count). The highest BCUT2D eigenvalue weighted by atomic mass is 127. The summed E-state index contributed by atoms with van der Waals surface area (Å²) in [7, 11) is 2.14. The predicted octanol–water partition coefficient (Wildman–Crippen LogP) is 2.85. The van der Waals surface area contributed by atoms with Gasteiger partial charge >= 0.3 is 0 Å². The van der Waals surface area contributed by atoms with E-state index in [9.17, 15) is 4.79 Å². The second-order valence-corrected chi connectivity index (χ2v) is 6.43. The van der Waals surface area contributed by atoms with Crippen LogP contribution >= 0.6 is 22.6 Å². The van der Waals surface area contributed by atoms with E-state index in [-0.39, 0.29) is 5.91 Å². The van der Waals surface area contributed by atoms with Crippen LogP contribution in [-0.2, 0) is 0 Å². The highest BCUT2D eigenvalue weighted by Crippen LogP contribution is 2.17. The third kappa shape index (κ3) is 3.69. The molecular formula is C15H21IN2O. The van der Waals surface area contributed by atoms with Crippen molar-refractivity contribution in [3.05, 3.63) is 33.4 Å². The number of hydrogen-bond donors (Lipinski definition) is 0. The quantitative estimate of drug-likeness (QED) is 0.746. The second-order valence-electron chi connectivity index (χ2n) is 5.19. The van der Waals surface area contributed by atoms with Crippen molar-refractivity contribution in [1.82, 2.24) is 9.80 Å². The van der Waals surface area contributed by atoms with Gasteiger partial charge < -0.3 is 9.80 Å². The van der Waals surface area contributed by atoms with E-state index in [4.69, 9.17) is 0 Å². The monoisotopic (exact) mass is 372 g/mol. The number of carbonyl (C=O) groups is 1. The van der Waals surface area contributed by atoms with Gasteiger partial charge in [0.25, 0.3) is 5.91 Å². The van der Waals surface area contributed by atoms with Crippen LogP contribution in [-0.4, -0.2) is 48.4 Å². The van der Waals surface area contributed by atoms with E-state index in [1.807, 2.05) is 24.3 Å². The van der Waals surface area contributed by atoms with Crippen LogP contribution in [0.15, 0.2) is 24.3 Å². The van der Waals surface area contributed by atoms with E-state index in [0.29, 0.717) is 6.04 Å². The Morgan fingerprint density at radius 2 is 2.21 bits per heavy atom. The zero-order valence-corrected chi connectivity index (χ0v) is 13.8. The predicted molar refractivity (Wildman–Crippen MR) is 86.4 cm³/mol. The van der Waals surface area contributed by atoms with Crippen LogP contribution in [0, 0.1) is 3.57 Å². The molecular weight excluding hydrogens is 351 g/mol. The molecule has 0 aliphatic carbocycles. The molecule has 1 atom stereocenters. The van der Waals surface area contributed by atoms with Crippen molar-refractivity contribution in [3.8, 4) is 0 Å². The van der Waals surface area contributed by atoms with Gasteiger partial charge in [-0.15, -0.1) is 0 Å². The van der Waals surface area contributed by atoms with Crippen LogP contribution < -0.4 is 0 Å². The topological polar surface area (TPSA) is 23.6 Å². The van der Waals surface area contributed by atoms with Crippen molar-refractivity contribution in [1.29, 1.82) is 0 Å². The molecule has 1 heterocycles. The lowest BCUT2D eigenvalue weighted by Crippen LogP contribution is -2.43. The first-order chi connectivity index (χ1) is 9.11. The standard InChI is InChI=1S/C15H21IN2O/c1-3-14-11-17(2)8-5-9-18(14)15(19)12-6-4-7-13(16)10-12/h4,6-7,10,14H,3,5,8-9,11H2,1-2H3. The van der Waals surface area contributed by atoms with E-state index in [1.54, 1.807) is 0 Å². The molecule has 19 heavy (non-hydrogen) atoms. The molecule has 1 saturated heterocycles. The van der Waals surface area contributed by atoms with Gasteiger partial charge in [-0.2, -0.15) is 0 Å². The summed E-state index contributed by atoms with van der Waals surface area (Å²) >= 11 is 2.26. The van der Waals surface area contributed by atoms with E-state index >= 15 is 0 Å². The normalized spacial score (nSPS) is 21.2. The number of benzene rings is 1. The molecule has 0 spiro atoms. The number of rotatable bonds is 2. The lowest BCUT2D eigenvalue weighted by atomic mass is 10.1. The molecule has 104 valence electrons. The van der Waals surface area contributed by atoms with Gasteiger partial charge in [-0.3, -0.25) is 4.79 Å². The minimum Gasteiger partial charge on any atom is -0.334 e. The number of nitrogens with zero attached hydrogens (tertiary/aromatic N) is 2. The van der Waals surface area contributed by atoms with Crippen LogP contribution in [0.3, 0.4) is 0 Å². The van der Waals surface area contributed by atoms with Gasteiger partial charge in [0.05, 0.1) is 0 Å². The third-order valence-corrected chi connectivity index (χ3v) is 4.38. The molecule has 0 aromatic heterocycles. The maximum Gasteiger partial charge on any atom is 0.254 e. The van der Waals surface area contributed by atoms with Gasteiger partial charge in [0.2, 0.25) is 0 Å². The van der Waals surface area contributed by atoms with Crippen LogP contribution in [0.2, 0.25) is 0 Å². The average Bonchev–Trinajstić information content (AvgIpc) is 2.59. The van der Waals surface area contributed by atoms with E-state index < -0.39 is 0 Å². The minimum atomic E-state index is 0.181. The van der Waals surface area contributed by atoms with Gasteiger partial charge in [-0.05, 0) is 67.2 Å². The van der Waals surface area contributed by atoms with Crippen LogP contribution in [0.5, 0.6) is 0 Å². The van der Waals surface area contributed by atoms with Gasteiger partial charge in [0.15, 0.2) is 0 Å². The molecule has 1 fully saturated rings. The Labute approximate surface area is 129 Å². The number of likely N-dealkylation sites (N-methyl/N-ethyl adjacent to an activating group) is 1. The summed E-state index contributed by atoms with van der Waals surface area (Å²) in [4.78, 5) is 17.1. The lowest BCUT2D eigenvalue weighted by molar-refractivity contribution is 0.0675. The van der Waals surface area contributed by atoms with Crippen LogP contribution in [0.1, 0.15) is 30.1 Å². The summed E-state index contributed by atoms with van der Waals surface area (Å²) in [6.07, 6.45) is 2.07. The smallest absolute Gasteiger partial charge is 0.254 e. The fourth-order valence-corrected chi connectivity index (χ4v) is 3.19. The van der Waals surface area contributed by atoms with Gasteiger partial charge in [0, 0.05) is 28.3 Å². The van der Waals surface area contributed by atoms with E-state index in [2.05, 4.69) is 46.4 Å². The maximum absolute atomic E-state index is 12.7. The molecule has 1 aromatic carbocycles. The molecule has 0 saturated carbocycles. The second kappa shape index (κ2) is 6.70. The van der Waals surface area contributed by atoms with Crippen molar-refractivity contribution in [2.75, 3.05) is 26.7 Å². The van der Waals surface area contributed by atoms with Crippen LogP contribution in [0.25, 0.3) is 0 Å². The lowest BCUT2D eigenvalue weighted by Gasteiger charge is -2.30. The number of amides is 1. The molecule has 1 unspecified atom stereocenters. The Balaban J connectivity index is 2.20. The highest BCUT2D eigenvalue weighted by Gasteiger charge is 2.26. The Hall–Kier alpha value is -0.620. The SMILES string of the molecule is CCC1CN(C)CCCN1C(=O)c1cccc(I)c1. The molecule has 0 N–H and O–H groups in total. The van der Waals surface area contributed by atoms with Crippen molar-refractivity contribution < 1.29 is 4.79 Å². The van der Waals surface area contributed by atoms with Crippen molar-refractivity contribution >= 4 is 28.5 Å². The first-order valence-electron chi connectivity index (χ1n) is 6.87. The first-order valence-corrected chi connectivity index (χ1v) is 7.94. The van der Waals surface area contributed by atoms with Gasteiger partial charge in [0.1, 0.15) is 0 Å².